The standard InChI is InChI=1S/C14H20ClNO/c1-11(2)13-6-4-12(5-7-13)8-9-16(3)14(17)10-15/h4-7,11H,8-10H2,1-3H3. The fraction of sp³-hybridized carbons (Fsp3) is 0.500. The average molecular weight is 254 g/mol. The molecule has 0 saturated heterocycles. The molecule has 0 spiro atoms. The van der Waals surface area contributed by atoms with Crippen molar-refractivity contribution in [3.8, 4) is 0 Å². The second kappa shape index (κ2) is 6.65. The molecule has 17 heavy (non-hydrogen) atoms. The van der Waals surface area contributed by atoms with Gasteiger partial charge in [-0.2, -0.15) is 0 Å². The molecule has 0 heterocycles. The first-order valence-electron chi connectivity index (χ1n) is 5.93. The molecule has 0 radical (unpaired) electrons. The predicted octanol–water partition coefficient (Wildman–Crippen LogP) is 3.05. The Balaban J connectivity index is 2.50. The molecule has 0 N–H and O–H groups in total. The van der Waals surface area contributed by atoms with Crippen LogP contribution in [-0.2, 0) is 11.2 Å². The van der Waals surface area contributed by atoms with Crippen LogP contribution in [0.4, 0.5) is 0 Å². The maximum atomic E-state index is 11.3. The van der Waals surface area contributed by atoms with Gasteiger partial charge in [-0.25, -0.2) is 0 Å². The molecule has 0 aliphatic heterocycles. The van der Waals surface area contributed by atoms with Crippen molar-refractivity contribution in [1.82, 2.24) is 4.90 Å². The summed E-state index contributed by atoms with van der Waals surface area (Å²) in [5.41, 5.74) is 2.60. The lowest BCUT2D eigenvalue weighted by molar-refractivity contribution is -0.127. The second-order valence-electron chi connectivity index (χ2n) is 4.60. The van der Waals surface area contributed by atoms with Crippen molar-refractivity contribution in [3.05, 3.63) is 35.4 Å². The van der Waals surface area contributed by atoms with Crippen molar-refractivity contribution in [1.29, 1.82) is 0 Å². The summed E-state index contributed by atoms with van der Waals surface area (Å²) >= 11 is 5.49. The number of nitrogens with zero attached hydrogens (tertiary/aromatic N) is 1. The van der Waals surface area contributed by atoms with Crippen LogP contribution in [0, 0.1) is 0 Å². The summed E-state index contributed by atoms with van der Waals surface area (Å²) < 4.78 is 0. The van der Waals surface area contributed by atoms with Gasteiger partial charge < -0.3 is 4.90 Å². The largest absolute Gasteiger partial charge is 0.344 e. The molecule has 1 aromatic rings. The first-order chi connectivity index (χ1) is 8.04. The van der Waals surface area contributed by atoms with E-state index in [1.54, 1.807) is 11.9 Å². The molecule has 0 aliphatic rings. The van der Waals surface area contributed by atoms with E-state index in [2.05, 4.69) is 38.1 Å². The van der Waals surface area contributed by atoms with Crippen molar-refractivity contribution < 1.29 is 4.79 Å². The molecule has 0 fully saturated rings. The Morgan fingerprint density at radius 2 is 1.88 bits per heavy atom. The molecule has 0 aliphatic carbocycles. The molecule has 0 aromatic heterocycles. The summed E-state index contributed by atoms with van der Waals surface area (Å²) in [6, 6.07) is 8.58. The fourth-order valence-electron chi connectivity index (χ4n) is 1.59. The van der Waals surface area contributed by atoms with Crippen LogP contribution in [0.5, 0.6) is 0 Å². The number of carbonyl (C=O) groups excluding carboxylic acids is 1. The number of rotatable bonds is 5. The third-order valence-corrected chi connectivity index (χ3v) is 3.15. The Labute approximate surface area is 109 Å². The molecule has 0 bridgehead atoms. The van der Waals surface area contributed by atoms with Gasteiger partial charge in [0, 0.05) is 13.6 Å². The molecule has 1 rings (SSSR count). The minimum absolute atomic E-state index is 0.0227. The SMILES string of the molecule is CC(C)c1ccc(CCN(C)C(=O)CCl)cc1. The van der Waals surface area contributed by atoms with Gasteiger partial charge in [0.15, 0.2) is 0 Å². The zero-order valence-electron chi connectivity index (χ0n) is 10.7. The molecule has 94 valence electrons. The van der Waals surface area contributed by atoms with E-state index in [0.29, 0.717) is 12.5 Å². The van der Waals surface area contributed by atoms with Crippen LogP contribution in [0.1, 0.15) is 30.9 Å². The maximum absolute atomic E-state index is 11.3. The highest BCUT2D eigenvalue weighted by atomic mass is 35.5. The van der Waals surface area contributed by atoms with E-state index in [1.165, 1.54) is 11.1 Å². The first kappa shape index (κ1) is 14.0. The van der Waals surface area contributed by atoms with E-state index in [-0.39, 0.29) is 11.8 Å². The Kier molecular flexibility index (Phi) is 5.49. The van der Waals surface area contributed by atoms with E-state index in [1.807, 2.05) is 0 Å². The lowest BCUT2D eigenvalue weighted by Crippen LogP contribution is -2.29. The summed E-state index contributed by atoms with van der Waals surface area (Å²) in [6.07, 6.45) is 0.873. The molecule has 0 unspecified atom stereocenters. The number of alkyl halides is 1. The number of carbonyl (C=O) groups is 1. The minimum Gasteiger partial charge on any atom is -0.344 e. The Bertz CT molecular complexity index is 359. The molecule has 3 heteroatoms. The topological polar surface area (TPSA) is 20.3 Å². The highest BCUT2D eigenvalue weighted by Crippen LogP contribution is 2.14. The molecular formula is C14H20ClNO. The first-order valence-corrected chi connectivity index (χ1v) is 6.46. The van der Waals surface area contributed by atoms with Crippen molar-refractivity contribution in [3.63, 3.8) is 0 Å². The molecule has 0 saturated carbocycles. The van der Waals surface area contributed by atoms with Crippen LogP contribution in [0.2, 0.25) is 0 Å². The lowest BCUT2D eigenvalue weighted by Gasteiger charge is -2.15. The molecule has 2 nitrogen and oxygen atoms in total. The highest BCUT2D eigenvalue weighted by molar-refractivity contribution is 6.27. The molecule has 1 amide bonds. The number of halogens is 1. The molecule has 1 aromatic carbocycles. The monoisotopic (exact) mass is 253 g/mol. The lowest BCUT2D eigenvalue weighted by atomic mass is 10.0. The normalized spacial score (nSPS) is 10.6. The number of likely N-dealkylation sites (N-methyl/N-ethyl adjacent to an activating group) is 1. The zero-order valence-corrected chi connectivity index (χ0v) is 11.5. The van der Waals surface area contributed by atoms with Gasteiger partial charge in [-0.15, -0.1) is 11.6 Å². The van der Waals surface area contributed by atoms with E-state index in [0.717, 1.165) is 6.42 Å². The Hall–Kier alpha value is -1.02. The Morgan fingerprint density at radius 1 is 1.29 bits per heavy atom. The van der Waals surface area contributed by atoms with Crippen LogP contribution in [0.25, 0.3) is 0 Å². The summed E-state index contributed by atoms with van der Waals surface area (Å²) in [4.78, 5) is 12.9. The summed E-state index contributed by atoms with van der Waals surface area (Å²) in [5, 5.41) is 0. The number of amides is 1. The van der Waals surface area contributed by atoms with Crippen LogP contribution in [0.15, 0.2) is 24.3 Å². The van der Waals surface area contributed by atoms with Crippen LogP contribution >= 0.6 is 11.6 Å². The summed E-state index contributed by atoms with van der Waals surface area (Å²) in [6.45, 7) is 5.08. The smallest absolute Gasteiger partial charge is 0.237 e. The van der Waals surface area contributed by atoms with Gasteiger partial charge in [-0.1, -0.05) is 38.1 Å². The molecule has 0 atom stereocenters. The number of hydrogen-bond acceptors (Lipinski definition) is 1. The highest BCUT2D eigenvalue weighted by Gasteiger charge is 2.06. The minimum atomic E-state index is -0.0227. The van der Waals surface area contributed by atoms with Crippen molar-refractivity contribution in [2.75, 3.05) is 19.5 Å². The van der Waals surface area contributed by atoms with Gasteiger partial charge >= 0.3 is 0 Å². The van der Waals surface area contributed by atoms with Crippen LogP contribution < -0.4 is 0 Å². The van der Waals surface area contributed by atoms with Crippen molar-refractivity contribution in [2.24, 2.45) is 0 Å². The summed E-state index contributed by atoms with van der Waals surface area (Å²) in [7, 11) is 1.78. The van der Waals surface area contributed by atoms with E-state index in [9.17, 15) is 4.79 Å². The van der Waals surface area contributed by atoms with Gasteiger partial charge in [0.1, 0.15) is 5.88 Å². The third kappa shape index (κ3) is 4.39. The van der Waals surface area contributed by atoms with Gasteiger partial charge in [0.05, 0.1) is 0 Å². The Morgan fingerprint density at radius 3 is 2.35 bits per heavy atom. The number of hydrogen-bond donors (Lipinski definition) is 0. The van der Waals surface area contributed by atoms with Crippen LogP contribution in [-0.4, -0.2) is 30.3 Å². The van der Waals surface area contributed by atoms with Gasteiger partial charge in [0.2, 0.25) is 5.91 Å². The van der Waals surface area contributed by atoms with E-state index < -0.39 is 0 Å². The summed E-state index contributed by atoms with van der Waals surface area (Å²) in [5.74, 6) is 0.595. The van der Waals surface area contributed by atoms with Gasteiger partial charge in [-0.3, -0.25) is 4.79 Å². The van der Waals surface area contributed by atoms with E-state index >= 15 is 0 Å². The average Bonchev–Trinajstić information content (AvgIpc) is 2.35. The van der Waals surface area contributed by atoms with Gasteiger partial charge in [-0.05, 0) is 23.5 Å². The van der Waals surface area contributed by atoms with Gasteiger partial charge in [0.25, 0.3) is 0 Å². The maximum Gasteiger partial charge on any atom is 0.237 e. The van der Waals surface area contributed by atoms with Crippen LogP contribution in [0.3, 0.4) is 0 Å². The molecular weight excluding hydrogens is 234 g/mol. The fourth-order valence-corrected chi connectivity index (χ4v) is 1.80. The second-order valence-corrected chi connectivity index (χ2v) is 4.86. The third-order valence-electron chi connectivity index (χ3n) is 2.92. The van der Waals surface area contributed by atoms with E-state index in [4.69, 9.17) is 11.6 Å². The van der Waals surface area contributed by atoms with Crippen molar-refractivity contribution >= 4 is 17.5 Å². The number of benzene rings is 1. The zero-order chi connectivity index (χ0) is 12.8. The predicted molar refractivity (Wildman–Crippen MR) is 72.6 cm³/mol. The van der Waals surface area contributed by atoms with Crippen molar-refractivity contribution in [2.45, 2.75) is 26.2 Å². The quantitative estimate of drug-likeness (QED) is 0.739.